The summed E-state index contributed by atoms with van der Waals surface area (Å²) in [6, 6.07) is 9.40. The molecule has 0 saturated carbocycles. The summed E-state index contributed by atoms with van der Waals surface area (Å²) >= 11 is 6.37. The Labute approximate surface area is 151 Å². The predicted octanol–water partition coefficient (Wildman–Crippen LogP) is 2.58. The second kappa shape index (κ2) is 7.70. The molecule has 1 aromatic heterocycles. The van der Waals surface area contributed by atoms with E-state index in [-0.39, 0.29) is 17.0 Å². The summed E-state index contributed by atoms with van der Waals surface area (Å²) in [5.74, 6) is -0.223. The Morgan fingerprint density at radius 2 is 1.88 bits per heavy atom. The Bertz CT molecular complexity index is 767. The van der Waals surface area contributed by atoms with Gasteiger partial charge in [0.25, 0.3) is 5.91 Å². The Hall–Kier alpha value is -2.34. The standard InChI is InChI=1S/C18H21ClN4O2/c1-13-16(17(19)23(21-13)14-7-3-2-4-8-14)18(25)20-10-9-15(24)22-11-5-6-12-22/h2-4,7-8H,5-6,9-12H2,1H3,(H,20,25). The van der Waals surface area contributed by atoms with E-state index in [0.717, 1.165) is 31.6 Å². The van der Waals surface area contributed by atoms with Gasteiger partial charge >= 0.3 is 0 Å². The van der Waals surface area contributed by atoms with Gasteiger partial charge in [0.1, 0.15) is 5.15 Å². The van der Waals surface area contributed by atoms with Crippen LogP contribution < -0.4 is 5.32 Å². The van der Waals surface area contributed by atoms with E-state index >= 15 is 0 Å². The molecule has 2 heterocycles. The second-order valence-electron chi connectivity index (χ2n) is 6.09. The number of halogens is 1. The normalized spacial score (nSPS) is 13.9. The van der Waals surface area contributed by atoms with Crippen LogP contribution in [0.2, 0.25) is 5.15 Å². The molecule has 132 valence electrons. The van der Waals surface area contributed by atoms with Gasteiger partial charge in [-0.1, -0.05) is 29.8 Å². The smallest absolute Gasteiger partial charge is 0.256 e. The first-order valence-corrected chi connectivity index (χ1v) is 8.82. The summed E-state index contributed by atoms with van der Waals surface area (Å²) in [6.45, 7) is 3.68. The first-order valence-electron chi connectivity index (χ1n) is 8.44. The maximum absolute atomic E-state index is 12.5. The minimum Gasteiger partial charge on any atom is -0.351 e. The highest BCUT2D eigenvalue weighted by molar-refractivity contribution is 6.33. The van der Waals surface area contributed by atoms with E-state index in [9.17, 15) is 9.59 Å². The van der Waals surface area contributed by atoms with E-state index in [1.54, 1.807) is 11.6 Å². The number of carbonyl (C=O) groups is 2. The van der Waals surface area contributed by atoms with E-state index < -0.39 is 0 Å². The molecule has 25 heavy (non-hydrogen) atoms. The van der Waals surface area contributed by atoms with Gasteiger partial charge in [0, 0.05) is 26.1 Å². The monoisotopic (exact) mass is 360 g/mol. The molecule has 7 heteroatoms. The second-order valence-corrected chi connectivity index (χ2v) is 6.45. The fourth-order valence-electron chi connectivity index (χ4n) is 2.99. The lowest BCUT2D eigenvalue weighted by molar-refractivity contribution is -0.129. The molecule has 2 amide bonds. The van der Waals surface area contributed by atoms with Crippen molar-refractivity contribution in [2.45, 2.75) is 26.2 Å². The number of nitrogens with zero attached hydrogens (tertiary/aromatic N) is 3. The van der Waals surface area contributed by atoms with Crippen LogP contribution in [0.15, 0.2) is 30.3 Å². The molecule has 0 radical (unpaired) electrons. The number of rotatable bonds is 5. The number of para-hydroxylation sites is 1. The summed E-state index contributed by atoms with van der Waals surface area (Å²) < 4.78 is 1.54. The molecule has 0 atom stereocenters. The Morgan fingerprint density at radius 1 is 1.20 bits per heavy atom. The van der Waals surface area contributed by atoms with Gasteiger partial charge in [-0.2, -0.15) is 5.10 Å². The lowest BCUT2D eigenvalue weighted by atomic mass is 10.2. The first-order chi connectivity index (χ1) is 12.1. The van der Waals surface area contributed by atoms with Crippen LogP contribution in [0.5, 0.6) is 0 Å². The summed E-state index contributed by atoms with van der Waals surface area (Å²) in [5, 5.41) is 7.40. The summed E-state index contributed by atoms with van der Waals surface area (Å²) in [6.07, 6.45) is 2.42. The van der Waals surface area contributed by atoms with E-state index in [1.807, 2.05) is 35.2 Å². The number of amides is 2. The molecule has 0 unspecified atom stereocenters. The van der Waals surface area contributed by atoms with Gasteiger partial charge in [-0.05, 0) is 31.9 Å². The fourth-order valence-corrected chi connectivity index (χ4v) is 3.35. The summed E-state index contributed by atoms with van der Waals surface area (Å²) in [5.41, 5.74) is 1.69. The highest BCUT2D eigenvalue weighted by Crippen LogP contribution is 2.23. The van der Waals surface area contributed by atoms with Gasteiger partial charge in [-0.3, -0.25) is 9.59 Å². The van der Waals surface area contributed by atoms with Gasteiger partial charge in [-0.25, -0.2) is 4.68 Å². The Kier molecular flexibility index (Phi) is 5.38. The summed E-state index contributed by atoms with van der Waals surface area (Å²) in [7, 11) is 0. The van der Waals surface area contributed by atoms with Crippen LogP contribution in [-0.2, 0) is 4.79 Å². The average Bonchev–Trinajstić information content (AvgIpc) is 3.24. The van der Waals surface area contributed by atoms with Crippen molar-refractivity contribution in [1.82, 2.24) is 20.0 Å². The minimum absolute atomic E-state index is 0.0839. The van der Waals surface area contributed by atoms with Crippen LogP contribution in [0.3, 0.4) is 0 Å². The summed E-state index contributed by atoms with van der Waals surface area (Å²) in [4.78, 5) is 26.3. The molecule has 1 aromatic carbocycles. The number of aromatic nitrogens is 2. The number of aryl methyl sites for hydroxylation is 1. The third kappa shape index (κ3) is 3.85. The highest BCUT2D eigenvalue weighted by atomic mass is 35.5. The van der Waals surface area contributed by atoms with E-state index in [1.165, 1.54) is 0 Å². The number of hydrogen-bond donors (Lipinski definition) is 1. The van der Waals surface area contributed by atoms with Crippen LogP contribution in [-0.4, -0.2) is 46.1 Å². The molecule has 6 nitrogen and oxygen atoms in total. The van der Waals surface area contributed by atoms with E-state index in [4.69, 9.17) is 11.6 Å². The third-order valence-corrected chi connectivity index (χ3v) is 4.66. The lowest BCUT2D eigenvalue weighted by Crippen LogP contribution is -2.32. The lowest BCUT2D eigenvalue weighted by Gasteiger charge is -2.15. The number of nitrogens with one attached hydrogen (secondary N) is 1. The predicted molar refractivity (Wildman–Crippen MR) is 96.1 cm³/mol. The van der Waals surface area contributed by atoms with Gasteiger partial charge < -0.3 is 10.2 Å². The van der Waals surface area contributed by atoms with Gasteiger partial charge in [0.15, 0.2) is 0 Å². The quantitative estimate of drug-likeness (QED) is 0.891. The molecule has 0 spiro atoms. The molecule has 1 fully saturated rings. The van der Waals surface area contributed by atoms with Gasteiger partial charge in [-0.15, -0.1) is 0 Å². The maximum Gasteiger partial charge on any atom is 0.256 e. The molecule has 1 saturated heterocycles. The maximum atomic E-state index is 12.5. The topological polar surface area (TPSA) is 67.2 Å². The van der Waals surface area contributed by atoms with E-state index in [2.05, 4.69) is 10.4 Å². The third-order valence-electron chi connectivity index (χ3n) is 4.32. The van der Waals surface area contributed by atoms with Crippen molar-refractivity contribution in [1.29, 1.82) is 0 Å². The number of carbonyl (C=O) groups excluding carboxylic acids is 2. The molecule has 1 aliphatic heterocycles. The SMILES string of the molecule is Cc1nn(-c2ccccc2)c(Cl)c1C(=O)NCCC(=O)N1CCCC1. The molecule has 3 rings (SSSR count). The zero-order valence-corrected chi connectivity index (χ0v) is 14.9. The molecule has 1 N–H and O–H groups in total. The van der Waals surface area contributed by atoms with Crippen molar-refractivity contribution in [2.24, 2.45) is 0 Å². The average molecular weight is 361 g/mol. The number of benzene rings is 1. The largest absolute Gasteiger partial charge is 0.351 e. The van der Waals surface area contributed by atoms with Gasteiger partial charge in [0.2, 0.25) is 5.91 Å². The molecular formula is C18H21ClN4O2. The van der Waals surface area contributed by atoms with Crippen LogP contribution in [0, 0.1) is 6.92 Å². The highest BCUT2D eigenvalue weighted by Gasteiger charge is 2.22. The van der Waals surface area contributed by atoms with Crippen LogP contribution >= 0.6 is 11.6 Å². The van der Waals surface area contributed by atoms with Crippen molar-refractivity contribution < 1.29 is 9.59 Å². The molecule has 0 aliphatic carbocycles. The first kappa shape index (κ1) is 17.5. The molecule has 0 bridgehead atoms. The molecule has 2 aromatic rings. The van der Waals surface area contributed by atoms with Crippen LogP contribution in [0.4, 0.5) is 0 Å². The van der Waals surface area contributed by atoms with Crippen LogP contribution in [0.25, 0.3) is 5.69 Å². The van der Waals surface area contributed by atoms with Crippen molar-refractivity contribution in [3.63, 3.8) is 0 Å². The Morgan fingerprint density at radius 3 is 2.56 bits per heavy atom. The van der Waals surface area contributed by atoms with Gasteiger partial charge in [0.05, 0.1) is 16.9 Å². The molecule has 1 aliphatic rings. The van der Waals surface area contributed by atoms with Crippen molar-refractivity contribution in [3.8, 4) is 5.69 Å². The fraction of sp³-hybridized carbons (Fsp3) is 0.389. The number of likely N-dealkylation sites (tertiary alicyclic amines) is 1. The molecular weight excluding hydrogens is 340 g/mol. The van der Waals surface area contributed by atoms with Crippen LogP contribution in [0.1, 0.15) is 35.3 Å². The zero-order chi connectivity index (χ0) is 17.8. The van der Waals surface area contributed by atoms with Crippen molar-refractivity contribution in [3.05, 3.63) is 46.7 Å². The van der Waals surface area contributed by atoms with Crippen molar-refractivity contribution >= 4 is 23.4 Å². The zero-order valence-electron chi connectivity index (χ0n) is 14.2. The van der Waals surface area contributed by atoms with Crippen molar-refractivity contribution in [2.75, 3.05) is 19.6 Å². The Balaban J connectivity index is 1.64. The number of hydrogen-bond acceptors (Lipinski definition) is 3. The minimum atomic E-state index is -0.307. The van der Waals surface area contributed by atoms with E-state index in [0.29, 0.717) is 24.2 Å².